The Balaban J connectivity index is 1.80. The lowest BCUT2D eigenvalue weighted by molar-refractivity contribution is -0.116. The molecule has 0 aliphatic heterocycles. The van der Waals surface area contributed by atoms with Crippen LogP contribution in [0.15, 0.2) is 53.3 Å². The van der Waals surface area contributed by atoms with Gasteiger partial charge in [0.1, 0.15) is 26.9 Å². The highest BCUT2D eigenvalue weighted by atomic mass is 32.1. The first-order chi connectivity index (χ1) is 17.4. The highest BCUT2D eigenvalue weighted by molar-refractivity contribution is 7.07. The van der Waals surface area contributed by atoms with Crippen molar-refractivity contribution in [2.24, 2.45) is 0 Å². The predicted octanol–water partition coefficient (Wildman–Crippen LogP) is 1.06. The lowest BCUT2D eigenvalue weighted by Gasteiger charge is -2.18. The van der Waals surface area contributed by atoms with Crippen molar-refractivity contribution in [1.29, 1.82) is 5.26 Å². The second kappa shape index (κ2) is 12.3. The van der Waals surface area contributed by atoms with Gasteiger partial charge in [0, 0.05) is 32.0 Å². The van der Waals surface area contributed by atoms with Gasteiger partial charge in [-0.05, 0) is 38.1 Å². The third-order valence-corrected chi connectivity index (χ3v) is 6.19. The molecule has 1 aromatic carbocycles. The summed E-state index contributed by atoms with van der Waals surface area (Å²) in [4.78, 5) is 43.8. The molecule has 3 N–H and O–H groups in total. The lowest BCUT2D eigenvalue weighted by Crippen LogP contribution is -2.34. The maximum atomic E-state index is 12.8. The molecule has 0 radical (unpaired) electrons. The monoisotopic (exact) mass is 505 g/mol. The van der Waals surface area contributed by atoms with Gasteiger partial charge < -0.3 is 20.9 Å². The van der Waals surface area contributed by atoms with Crippen LogP contribution in [-0.4, -0.2) is 41.5 Å². The third kappa shape index (κ3) is 6.37. The van der Waals surface area contributed by atoms with Crippen molar-refractivity contribution < 1.29 is 9.59 Å². The summed E-state index contributed by atoms with van der Waals surface area (Å²) < 4.78 is 1.99. The molecule has 2 heterocycles. The van der Waals surface area contributed by atoms with Crippen LogP contribution < -0.4 is 35.6 Å². The number of thiazole rings is 1. The fraction of sp³-hybridized carbons (Fsp3) is 0.240. The molecule has 0 atom stereocenters. The van der Waals surface area contributed by atoms with E-state index in [-0.39, 0.29) is 23.6 Å². The van der Waals surface area contributed by atoms with Crippen LogP contribution in [0.2, 0.25) is 0 Å². The molecule has 2 amide bonds. The first-order valence-electron chi connectivity index (χ1n) is 11.3. The Morgan fingerprint density at radius 3 is 2.53 bits per heavy atom. The fourth-order valence-corrected chi connectivity index (χ4v) is 4.42. The topological polar surface area (TPSA) is 132 Å². The zero-order valence-corrected chi connectivity index (χ0v) is 21.1. The van der Waals surface area contributed by atoms with E-state index in [1.54, 1.807) is 32.0 Å². The molecule has 0 fully saturated rings. The number of likely N-dealkylation sites (N-methyl/N-ethyl adjacent to an activating group) is 1. The van der Waals surface area contributed by atoms with Crippen LogP contribution in [0.3, 0.4) is 0 Å². The highest BCUT2D eigenvalue weighted by Crippen LogP contribution is 2.12. The van der Waals surface area contributed by atoms with E-state index in [4.69, 9.17) is 0 Å². The van der Waals surface area contributed by atoms with Gasteiger partial charge in [-0.1, -0.05) is 24.3 Å². The number of rotatable bonds is 9. The molecule has 186 valence electrons. The Labute approximate surface area is 212 Å². The van der Waals surface area contributed by atoms with Crippen molar-refractivity contribution in [2.45, 2.75) is 20.4 Å². The van der Waals surface area contributed by atoms with E-state index in [1.165, 1.54) is 10.8 Å². The summed E-state index contributed by atoms with van der Waals surface area (Å²) in [5, 5.41) is 17.8. The molecule has 0 spiro atoms. The van der Waals surface area contributed by atoms with Crippen molar-refractivity contribution in [3.05, 3.63) is 68.1 Å². The largest absolute Gasteiger partial charge is 0.365 e. The molecule has 0 saturated heterocycles. The number of pyridine rings is 1. The molecule has 3 rings (SSSR count). The van der Waals surface area contributed by atoms with Crippen LogP contribution in [-0.2, 0) is 16.1 Å². The second-order valence-electron chi connectivity index (χ2n) is 7.60. The van der Waals surface area contributed by atoms with Crippen LogP contribution in [0.1, 0.15) is 13.8 Å². The average molecular weight is 506 g/mol. The number of benzene rings is 1. The molecule has 2 aromatic heterocycles. The quantitative estimate of drug-likeness (QED) is 0.396. The number of carbonyl (C=O) groups excluding carboxylic acids is 2. The minimum absolute atomic E-state index is 0.108. The number of hydrogen-bond acceptors (Lipinski definition) is 8. The minimum Gasteiger partial charge on any atom is -0.365 e. The van der Waals surface area contributed by atoms with Crippen molar-refractivity contribution in [3.8, 4) is 6.07 Å². The molecule has 3 aromatic rings. The van der Waals surface area contributed by atoms with Crippen LogP contribution in [0, 0.1) is 11.3 Å². The number of nitriles is 1. The molecule has 0 saturated carbocycles. The molecule has 10 nitrogen and oxygen atoms in total. The maximum Gasteiger partial charge on any atom is 0.270 e. The van der Waals surface area contributed by atoms with Gasteiger partial charge in [-0.2, -0.15) is 5.26 Å². The standard InChI is InChI=1S/C25H27N7O3S/c1-4-27-23(34)18(14-26)25-32(5-2)24(35)19(36-25)15-28-20-12-9-13-21(29-20)30-22(33)16-31(3)17-10-7-6-8-11-17/h6-13,15H,4-5,16H2,1-3H3,(H,27,34)(H2,28,29,30,33). The van der Waals surface area contributed by atoms with Gasteiger partial charge in [-0.3, -0.25) is 19.0 Å². The fourth-order valence-electron chi connectivity index (χ4n) is 3.33. The summed E-state index contributed by atoms with van der Waals surface area (Å²) in [5.74, 6) is 0.0171. The lowest BCUT2D eigenvalue weighted by atomic mass is 10.3. The number of nitrogens with one attached hydrogen (secondary N) is 3. The molecule has 36 heavy (non-hydrogen) atoms. The Morgan fingerprint density at radius 1 is 1.14 bits per heavy atom. The van der Waals surface area contributed by atoms with Gasteiger partial charge in [-0.25, -0.2) is 4.98 Å². The molecule has 0 bridgehead atoms. The Morgan fingerprint density at radius 2 is 1.86 bits per heavy atom. The Hall–Kier alpha value is -4.43. The number of carbonyl (C=O) groups is 2. The van der Waals surface area contributed by atoms with Crippen LogP contribution >= 0.6 is 11.3 Å². The third-order valence-electron chi connectivity index (χ3n) is 5.06. The van der Waals surface area contributed by atoms with Gasteiger partial charge >= 0.3 is 0 Å². The number of anilines is 3. The smallest absolute Gasteiger partial charge is 0.270 e. The summed E-state index contributed by atoms with van der Waals surface area (Å²) >= 11 is 1.05. The van der Waals surface area contributed by atoms with E-state index in [0.717, 1.165) is 17.0 Å². The SMILES string of the molecule is CCNC(=O)C(C#N)=c1sc(=CNc2cccc(NC(=O)CN(C)c3ccccc3)n2)c(=O)n1CC. The number of aromatic nitrogens is 2. The Bertz CT molecular complexity index is 1460. The molecular weight excluding hydrogens is 478 g/mol. The normalized spacial score (nSPS) is 11.9. The van der Waals surface area contributed by atoms with E-state index in [2.05, 4.69) is 20.9 Å². The molecular formula is C25H27N7O3S. The average Bonchev–Trinajstić information content (AvgIpc) is 3.18. The summed E-state index contributed by atoms with van der Waals surface area (Å²) in [6.07, 6.45) is 1.48. The number of hydrogen-bond donors (Lipinski definition) is 3. The maximum absolute atomic E-state index is 12.8. The van der Waals surface area contributed by atoms with E-state index < -0.39 is 5.91 Å². The first-order valence-corrected chi connectivity index (χ1v) is 12.1. The molecule has 0 unspecified atom stereocenters. The zero-order valence-electron chi connectivity index (χ0n) is 20.2. The van der Waals surface area contributed by atoms with Gasteiger partial charge in [0.25, 0.3) is 11.5 Å². The van der Waals surface area contributed by atoms with Gasteiger partial charge in [0.05, 0.1) is 6.54 Å². The van der Waals surface area contributed by atoms with Gasteiger partial charge in [-0.15, -0.1) is 11.3 Å². The van der Waals surface area contributed by atoms with E-state index >= 15 is 0 Å². The van der Waals surface area contributed by atoms with Crippen molar-refractivity contribution >= 4 is 52.2 Å². The molecule has 11 heteroatoms. The van der Waals surface area contributed by atoms with E-state index in [1.807, 2.05) is 48.3 Å². The summed E-state index contributed by atoms with van der Waals surface area (Å²) in [6, 6.07) is 16.5. The van der Waals surface area contributed by atoms with E-state index in [0.29, 0.717) is 33.9 Å². The number of amides is 2. The Kier molecular flexibility index (Phi) is 8.96. The summed E-state index contributed by atoms with van der Waals surface area (Å²) in [7, 11) is 1.83. The van der Waals surface area contributed by atoms with Crippen LogP contribution in [0.5, 0.6) is 0 Å². The van der Waals surface area contributed by atoms with Gasteiger partial charge in [0.15, 0.2) is 5.57 Å². The predicted molar refractivity (Wildman–Crippen MR) is 142 cm³/mol. The highest BCUT2D eigenvalue weighted by Gasteiger charge is 2.14. The van der Waals surface area contributed by atoms with Crippen LogP contribution in [0.25, 0.3) is 11.8 Å². The first kappa shape index (κ1) is 26.2. The minimum atomic E-state index is -0.522. The van der Waals surface area contributed by atoms with Crippen molar-refractivity contribution in [3.63, 3.8) is 0 Å². The summed E-state index contributed by atoms with van der Waals surface area (Å²) in [6.45, 7) is 4.34. The zero-order chi connectivity index (χ0) is 26.1. The second-order valence-corrected chi connectivity index (χ2v) is 8.63. The van der Waals surface area contributed by atoms with E-state index in [9.17, 15) is 19.6 Å². The molecule has 0 aliphatic rings. The number of nitrogens with zero attached hydrogens (tertiary/aromatic N) is 4. The molecule has 0 aliphatic carbocycles. The van der Waals surface area contributed by atoms with Crippen molar-refractivity contribution in [1.82, 2.24) is 14.9 Å². The van der Waals surface area contributed by atoms with Crippen molar-refractivity contribution in [2.75, 3.05) is 35.7 Å². The van der Waals surface area contributed by atoms with Gasteiger partial charge in [0.2, 0.25) is 5.91 Å². The van der Waals surface area contributed by atoms with Crippen LogP contribution in [0.4, 0.5) is 17.3 Å². The number of para-hydroxylation sites is 1. The summed E-state index contributed by atoms with van der Waals surface area (Å²) in [5.41, 5.74) is 0.488.